The van der Waals surface area contributed by atoms with Crippen LogP contribution in [-0.2, 0) is 0 Å². The van der Waals surface area contributed by atoms with Gasteiger partial charge in [-0.1, -0.05) is 0 Å². The Morgan fingerprint density at radius 2 is 1.25 bits per heavy atom. The topological polar surface area (TPSA) is 0 Å². The molecule has 12 heavy (non-hydrogen) atoms. The van der Waals surface area contributed by atoms with E-state index in [1.807, 2.05) is 22.6 Å². The average Bonchev–Trinajstić information content (AvgIpc) is 2.08. The van der Waals surface area contributed by atoms with Gasteiger partial charge in [0.15, 0.2) is 5.82 Å². The quantitative estimate of drug-likeness (QED) is 0.211. The number of benzene rings is 1. The Bertz CT molecular complexity index is 235. The van der Waals surface area contributed by atoms with Crippen LogP contribution in [0.25, 0.3) is 0 Å². The van der Waals surface area contributed by atoms with Crippen LogP contribution in [0.2, 0.25) is 0 Å². The Morgan fingerprint density at radius 1 is 0.833 bits per heavy atom. The van der Waals surface area contributed by atoms with Gasteiger partial charge in [-0.05, 0) is 99.6 Å². The van der Waals surface area contributed by atoms with Crippen molar-refractivity contribution in [2.24, 2.45) is 0 Å². The van der Waals surface area contributed by atoms with Gasteiger partial charge in [0.05, 0.1) is 8.04 Å². The molecule has 66 valence electrons. The molecule has 0 fully saturated rings. The number of hydrogen-bond donors (Lipinski definition) is 0. The van der Waals surface area contributed by atoms with Crippen molar-refractivity contribution < 1.29 is 4.39 Å². The average molecular weight is 632 g/mol. The molecule has 1 rings (SSSR count). The van der Waals surface area contributed by atoms with E-state index in [9.17, 15) is 4.39 Å². The predicted octanol–water partition coefficient (Wildman–Crippen LogP) is 5.16. The molecule has 0 saturated carbocycles. The molecule has 0 unspecified atom stereocenters. The molecular formula is C6Br2FI3. The fourth-order valence-corrected chi connectivity index (χ4v) is 4.56. The molecule has 0 aliphatic heterocycles. The Labute approximate surface area is 127 Å². The third-order valence-electron chi connectivity index (χ3n) is 1.16. The first-order valence-electron chi connectivity index (χ1n) is 2.63. The fourth-order valence-electron chi connectivity index (χ4n) is 0.578. The van der Waals surface area contributed by atoms with E-state index in [2.05, 4.69) is 77.0 Å². The predicted molar refractivity (Wildman–Crippen MR) is 80.0 cm³/mol. The van der Waals surface area contributed by atoms with Crippen LogP contribution in [-0.4, -0.2) is 0 Å². The number of hydrogen-bond acceptors (Lipinski definition) is 0. The van der Waals surface area contributed by atoms with Crippen LogP contribution in [0.4, 0.5) is 4.39 Å². The highest BCUT2D eigenvalue weighted by Crippen LogP contribution is 2.36. The standard InChI is InChI=1S/C6Br2FI3/c7-1-3(9)4(10)2(8)6(12)5(1)11. The molecule has 0 radical (unpaired) electrons. The van der Waals surface area contributed by atoms with Gasteiger partial charge in [-0.15, -0.1) is 0 Å². The van der Waals surface area contributed by atoms with Gasteiger partial charge >= 0.3 is 0 Å². The lowest BCUT2D eigenvalue weighted by Gasteiger charge is -2.06. The first-order valence-corrected chi connectivity index (χ1v) is 7.46. The van der Waals surface area contributed by atoms with Crippen molar-refractivity contribution in [1.82, 2.24) is 0 Å². The highest BCUT2D eigenvalue weighted by atomic mass is 127. The smallest absolute Gasteiger partial charge is 0.152 e. The lowest BCUT2D eigenvalue weighted by atomic mass is 10.3. The number of rotatable bonds is 0. The van der Waals surface area contributed by atoms with Crippen molar-refractivity contribution >= 4 is 99.6 Å². The van der Waals surface area contributed by atoms with E-state index >= 15 is 0 Å². The van der Waals surface area contributed by atoms with Crippen molar-refractivity contribution in [3.63, 3.8) is 0 Å². The molecule has 0 bridgehead atoms. The molecule has 0 amide bonds. The van der Waals surface area contributed by atoms with Gasteiger partial charge in [0.25, 0.3) is 0 Å². The van der Waals surface area contributed by atoms with E-state index in [0.717, 1.165) is 11.6 Å². The first-order chi connectivity index (χ1) is 5.46. The molecule has 0 atom stereocenters. The molecule has 1 aromatic carbocycles. The van der Waals surface area contributed by atoms with Crippen LogP contribution in [0.15, 0.2) is 8.95 Å². The lowest BCUT2D eigenvalue weighted by molar-refractivity contribution is 0.610. The molecule has 0 saturated heterocycles. The monoisotopic (exact) mass is 630 g/mol. The zero-order chi connectivity index (χ0) is 9.46. The summed E-state index contributed by atoms with van der Waals surface area (Å²) in [5.41, 5.74) is 0. The van der Waals surface area contributed by atoms with Crippen LogP contribution in [0, 0.1) is 16.5 Å². The van der Waals surface area contributed by atoms with Gasteiger partial charge in [0, 0.05) is 11.6 Å². The van der Waals surface area contributed by atoms with E-state index in [-0.39, 0.29) is 5.82 Å². The maximum Gasteiger partial charge on any atom is 0.152 e. The minimum atomic E-state index is -0.202. The second-order valence-electron chi connectivity index (χ2n) is 1.88. The van der Waals surface area contributed by atoms with Crippen LogP contribution in [0.3, 0.4) is 0 Å². The molecule has 0 nitrogen and oxygen atoms in total. The van der Waals surface area contributed by atoms with Crippen LogP contribution >= 0.6 is 99.6 Å². The van der Waals surface area contributed by atoms with E-state index in [4.69, 9.17) is 0 Å². The summed E-state index contributed by atoms with van der Waals surface area (Å²) < 4.78 is 17.3. The summed E-state index contributed by atoms with van der Waals surface area (Å²) >= 11 is 12.8. The molecule has 1 aromatic rings. The van der Waals surface area contributed by atoms with Crippen molar-refractivity contribution in [1.29, 1.82) is 0 Å². The van der Waals surface area contributed by atoms with Gasteiger partial charge in [-0.2, -0.15) is 0 Å². The van der Waals surface area contributed by atoms with Crippen LogP contribution < -0.4 is 0 Å². The molecule has 6 heteroatoms. The minimum absolute atomic E-state index is 0.202. The van der Waals surface area contributed by atoms with Crippen molar-refractivity contribution in [2.75, 3.05) is 0 Å². The molecule has 0 heterocycles. The molecule has 0 spiro atoms. The zero-order valence-electron chi connectivity index (χ0n) is 5.27. The van der Waals surface area contributed by atoms with Gasteiger partial charge < -0.3 is 0 Å². The highest BCUT2D eigenvalue weighted by Gasteiger charge is 2.16. The summed E-state index contributed by atoms with van der Waals surface area (Å²) in [6.07, 6.45) is 0. The summed E-state index contributed by atoms with van der Waals surface area (Å²) in [6, 6.07) is 0. The second kappa shape index (κ2) is 4.88. The van der Waals surface area contributed by atoms with Gasteiger partial charge in [-0.3, -0.25) is 0 Å². The maximum atomic E-state index is 13.3. The van der Waals surface area contributed by atoms with E-state index in [1.165, 1.54) is 0 Å². The van der Waals surface area contributed by atoms with E-state index in [1.54, 1.807) is 0 Å². The Morgan fingerprint density at radius 3 is 1.75 bits per heavy atom. The van der Waals surface area contributed by atoms with Crippen LogP contribution in [0.1, 0.15) is 0 Å². The summed E-state index contributed by atoms with van der Waals surface area (Å²) in [5, 5.41) is 0. The largest absolute Gasteiger partial charge is 0.204 e. The zero-order valence-corrected chi connectivity index (χ0v) is 14.9. The second-order valence-corrected chi connectivity index (χ2v) is 6.71. The third-order valence-corrected chi connectivity index (χ3v) is 9.12. The van der Waals surface area contributed by atoms with Crippen LogP contribution in [0.5, 0.6) is 0 Å². The molecule has 0 aromatic heterocycles. The van der Waals surface area contributed by atoms with Gasteiger partial charge in [-0.25, -0.2) is 4.39 Å². The van der Waals surface area contributed by atoms with Gasteiger partial charge in [0.2, 0.25) is 0 Å². The Kier molecular flexibility index (Phi) is 5.03. The SMILES string of the molecule is Fc1c(Br)c(I)c(I)c(Br)c1I. The minimum Gasteiger partial charge on any atom is -0.204 e. The van der Waals surface area contributed by atoms with Crippen molar-refractivity contribution in [3.05, 3.63) is 25.5 Å². The molecular weight excluding hydrogens is 632 g/mol. The Hall–Kier alpha value is 2.30. The van der Waals surface area contributed by atoms with Crippen molar-refractivity contribution in [3.8, 4) is 0 Å². The highest BCUT2D eigenvalue weighted by molar-refractivity contribution is 14.1. The molecule has 0 N–H and O–H groups in total. The van der Waals surface area contributed by atoms with E-state index < -0.39 is 0 Å². The summed E-state index contributed by atoms with van der Waals surface area (Å²) in [7, 11) is 0. The van der Waals surface area contributed by atoms with Crippen molar-refractivity contribution in [2.45, 2.75) is 0 Å². The molecule has 0 aliphatic rings. The normalized spacial score (nSPS) is 10.5. The summed E-state index contributed by atoms with van der Waals surface area (Å²) in [4.78, 5) is 0. The number of halogens is 6. The van der Waals surface area contributed by atoms with Gasteiger partial charge in [0.1, 0.15) is 0 Å². The van der Waals surface area contributed by atoms with E-state index in [0.29, 0.717) is 8.04 Å². The maximum absolute atomic E-state index is 13.3. The first kappa shape index (κ1) is 12.4. The molecule has 0 aliphatic carbocycles. The lowest BCUT2D eigenvalue weighted by Crippen LogP contribution is -1.94. The fraction of sp³-hybridized carbons (Fsp3) is 0. The summed E-state index contributed by atoms with van der Waals surface area (Å²) in [5.74, 6) is -0.202. The Balaban J connectivity index is 3.60. The third kappa shape index (κ3) is 2.27. The summed E-state index contributed by atoms with van der Waals surface area (Å²) in [6.45, 7) is 0.